The second-order valence-corrected chi connectivity index (χ2v) is 14.3. The minimum absolute atomic E-state index is 0.0106. The maximum absolute atomic E-state index is 13.6. The van der Waals surface area contributed by atoms with E-state index in [2.05, 4.69) is 33.0 Å². The summed E-state index contributed by atoms with van der Waals surface area (Å²) in [7, 11) is 1.33. The molecule has 3 amide bonds. The van der Waals surface area contributed by atoms with Gasteiger partial charge in [-0.3, -0.25) is 29.4 Å². The van der Waals surface area contributed by atoms with E-state index in [4.69, 9.17) is 4.74 Å². The van der Waals surface area contributed by atoms with Gasteiger partial charge in [0.15, 0.2) is 0 Å². The van der Waals surface area contributed by atoms with Crippen molar-refractivity contribution in [3.05, 3.63) is 158 Å². The van der Waals surface area contributed by atoms with Crippen molar-refractivity contribution in [3.8, 4) is 0 Å². The molecule has 14 heteroatoms. The molecule has 0 unspecified atom stereocenters. The third-order valence-electron chi connectivity index (χ3n) is 8.45. The summed E-state index contributed by atoms with van der Waals surface area (Å²) < 4.78 is 5.10. The highest BCUT2D eigenvalue weighted by molar-refractivity contribution is 8.00. The third-order valence-corrected chi connectivity index (χ3v) is 10.6. The second-order valence-electron chi connectivity index (χ2n) is 12.2. The van der Waals surface area contributed by atoms with Gasteiger partial charge in [0.05, 0.1) is 28.9 Å². The van der Waals surface area contributed by atoms with Crippen LogP contribution in [0.15, 0.2) is 120 Å². The Bertz CT molecular complexity index is 2220. The maximum atomic E-state index is 13.6. The molecule has 12 nitrogen and oxygen atoms in total. The summed E-state index contributed by atoms with van der Waals surface area (Å²) in [5.74, 6) is -2.09. The highest BCUT2D eigenvalue weighted by Crippen LogP contribution is 2.38. The fourth-order valence-corrected chi connectivity index (χ4v) is 7.94. The molecule has 5 aromatic rings. The molecule has 0 radical (unpaired) electrons. The minimum atomic E-state index is -0.711. The Morgan fingerprint density at radius 1 is 0.926 bits per heavy atom. The zero-order valence-electron chi connectivity index (χ0n) is 29.1. The molecule has 1 aromatic heterocycles. The standard InChI is InChI=1S/C40H35N5O7S2/c1-52-40(49)36-31-19-20-44(23-26-11-4-2-5-12-26)24-34(31)54-39(36)43-35(46)25-53-30-17-10-16-29(22-30)41-38(48)32(42-37(47)27-13-6-3-7-14-27)21-28-15-8-9-18-33(28)45(50)51/h2-18,21-22H,19-20,23-25H2,1H3,(H,41,48)(H,42,47)(H,43,46)/b32-21+. The number of thiophene rings is 1. The third kappa shape index (κ3) is 9.46. The topological polar surface area (TPSA) is 160 Å². The van der Waals surface area contributed by atoms with Crippen LogP contribution in [0.2, 0.25) is 0 Å². The number of hydrogen-bond acceptors (Lipinski definition) is 10. The molecule has 0 aliphatic carbocycles. The summed E-state index contributed by atoms with van der Waals surface area (Å²) in [4.78, 5) is 67.8. The van der Waals surface area contributed by atoms with E-state index < -0.39 is 22.7 Å². The molecular weight excluding hydrogens is 727 g/mol. The number of nitrogens with zero attached hydrogens (tertiary/aromatic N) is 2. The van der Waals surface area contributed by atoms with Gasteiger partial charge in [-0.25, -0.2) is 4.79 Å². The SMILES string of the molecule is COC(=O)c1c(NC(=O)CSc2cccc(NC(=O)/C(=C\c3ccccc3[N+](=O)[O-])NC(=O)c3ccccc3)c2)sc2c1CCN(Cc1ccccc1)C2. The van der Waals surface area contributed by atoms with Gasteiger partial charge in [-0.1, -0.05) is 66.7 Å². The molecule has 1 aliphatic rings. The fourth-order valence-electron chi connectivity index (χ4n) is 5.89. The van der Waals surface area contributed by atoms with Gasteiger partial charge in [0.25, 0.3) is 17.5 Å². The summed E-state index contributed by atoms with van der Waals surface area (Å²) in [6, 6.07) is 31.1. The van der Waals surface area contributed by atoms with Gasteiger partial charge in [0.2, 0.25) is 5.91 Å². The van der Waals surface area contributed by atoms with E-state index in [1.165, 1.54) is 60.0 Å². The quantitative estimate of drug-likeness (QED) is 0.0373. The van der Waals surface area contributed by atoms with Crippen LogP contribution in [0.5, 0.6) is 0 Å². The number of anilines is 2. The number of hydrogen-bond donors (Lipinski definition) is 3. The van der Waals surface area contributed by atoms with Gasteiger partial charge >= 0.3 is 5.97 Å². The van der Waals surface area contributed by atoms with Crippen LogP contribution in [0, 0.1) is 10.1 Å². The van der Waals surface area contributed by atoms with Gasteiger partial charge in [0, 0.05) is 46.7 Å². The Kier molecular flexibility index (Phi) is 12.3. The van der Waals surface area contributed by atoms with Crippen LogP contribution >= 0.6 is 23.1 Å². The number of methoxy groups -OCH3 is 1. The first kappa shape index (κ1) is 37.7. The number of ether oxygens (including phenoxy) is 1. The predicted octanol–water partition coefficient (Wildman–Crippen LogP) is 7.14. The first-order valence-electron chi connectivity index (χ1n) is 16.8. The first-order chi connectivity index (χ1) is 26.2. The molecule has 54 heavy (non-hydrogen) atoms. The molecule has 0 fully saturated rings. The van der Waals surface area contributed by atoms with E-state index in [9.17, 15) is 29.3 Å². The highest BCUT2D eigenvalue weighted by atomic mass is 32.2. The number of para-hydroxylation sites is 1. The number of nitro benzene ring substituents is 1. The number of carbonyl (C=O) groups excluding carboxylic acids is 4. The second kappa shape index (κ2) is 17.6. The molecule has 0 bridgehead atoms. The lowest BCUT2D eigenvalue weighted by molar-refractivity contribution is -0.385. The first-order valence-corrected chi connectivity index (χ1v) is 18.6. The zero-order chi connectivity index (χ0) is 38.0. The van der Waals surface area contributed by atoms with Gasteiger partial charge in [0.1, 0.15) is 10.7 Å². The molecule has 1 aliphatic heterocycles. The lowest BCUT2D eigenvalue weighted by atomic mass is 10.0. The number of benzene rings is 4. The van der Waals surface area contributed by atoms with Crippen molar-refractivity contribution in [2.24, 2.45) is 0 Å². The Morgan fingerprint density at radius 3 is 2.39 bits per heavy atom. The lowest BCUT2D eigenvalue weighted by Crippen LogP contribution is -2.30. The molecule has 0 atom stereocenters. The minimum Gasteiger partial charge on any atom is -0.465 e. The van der Waals surface area contributed by atoms with E-state index in [0.717, 1.165) is 23.5 Å². The summed E-state index contributed by atoms with van der Waals surface area (Å²) in [5, 5.41) is 20.4. The van der Waals surface area contributed by atoms with E-state index in [0.29, 0.717) is 39.7 Å². The van der Waals surface area contributed by atoms with Crippen LogP contribution in [0.25, 0.3) is 6.08 Å². The van der Waals surface area contributed by atoms with Crippen LogP contribution in [0.4, 0.5) is 16.4 Å². The number of carbonyl (C=O) groups is 4. The number of thioether (sulfide) groups is 1. The Labute approximate surface area is 319 Å². The summed E-state index contributed by atoms with van der Waals surface area (Å²) in [6.45, 7) is 2.19. The molecule has 0 spiro atoms. The molecule has 274 valence electrons. The Balaban J connectivity index is 1.13. The molecule has 0 saturated heterocycles. The summed E-state index contributed by atoms with van der Waals surface area (Å²) >= 11 is 2.61. The van der Waals surface area contributed by atoms with Crippen molar-refractivity contribution in [1.82, 2.24) is 10.2 Å². The van der Waals surface area contributed by atoms with Crippen molar-refractivity contribution in [3.63, 3.8) is 0 Å². The number of rotatable bonds is 13. The number of amides is 3. The van der Waals surface area contributed by atoms with Crippen molar-refractivity contribution in [2.45, 2.75) is 24.4 Å². The van der Waals surface area contributed by atoms with Crippen LogP contribution in [0.1, 0.15) is 42.3 Å². The van der Waals surface area contributed by atoms with Gasteiger partial charge < -0.3 is 20.7 Å². The van der Waals surface area contributed by atoms with Crippen LogP contribution < -0.4 is 16.0 Å². The van der Waals surface area contributed by atoms with Crippen LogP contribution in [-0.2, 0) is 33.8 Å². The van der Waals surface area contributed by atoms with E-state index in [1.54, 1.807) is 60.7 Å². The molecule has 6 rings (SSSR count). The maximum Gasteiger partial charge on any atom is 0.341 e. The normalized spacial score (nSPS) is 12.6. The monoisotopic (exact) mass is 761 g/mol. The molecule has 3 N–H and O–H groups in total. The number of nitrogens with one attached hydrogen (secondary N) is 3. The summed E-state index contributed by atoms with van der Waals surface area (Å²) in [5.41, 5.74) is 2.84. The highest BCUT2D eigenvalue weighted by Gasteiger charge is 2.29. The zero-order valence-corrected chi connectivity index (χ0v) is 30.7. The number of fused-ring (bicyclic) bond motifs is 1. The number of nitro groups is 1. The van der Waals surface area contributed by atoms with Gasteiger partial charge in [-0.15, -0.1) is 23.1 Å². The molecule has 2 heterocycles. The van der Waals surface area contributed by atoms with Crippen LogP contribution in [-0.4, -0.2) is 52.9 Å². The van der Waals surface area contributed by atoms with Crippen LogP contribution in [0.3, 0.4) is 0 Å². The molecular formula is C40H35N5O7S2. The lowest BCUT2D eigenvalue weighted by Gasteiger charge is -2.27. The molecule has 4 aromatic carbocycles. The van der Waals surface area contributed by atoms with E-state index >= 15 is 0 Å². The van der Waals surface area contributed by atoms with E-state index in [-0.39, 0.29) is 28.6 Å². The largest absolute Gasteiger partial charge is 0.465 e. The van der Waals surface area contributed by atoms with Crippen molar-refractivity contribution in [1.29, 1.82) is 0 Å². The average molecular weight is 762 g/mol. The van der Waals surface area contributed by atoms with Crippen molar-refractivity contribution in [2.75, 3.05) is 30.0 Å². The average Bonchev–Trinajstić information content (AvgIpc) is 3.54. The Hall–Kier alpha value is -6.09. The number of esters is 1. The smallest absolute Gasteiger partial charge is 0.341 e. The Morgan fingerprint density at radius 2 is 1.65 bits per heavy atom. The van der Waals surface area contributed by atoms with Gasteiger partial charge in [-0.2, -0.15) is 0 Å². The van der Waals surface area contributed by atoms with Crippen molar-refractivity contribution >= 4 is 69.2 Å². The fraction of sp³-hybridized carbons (Fsp3) is 0.150. The predicted molar refractivity (Wildman–Crippen MR) is 209 cm³/mol. The molecule has 0 saturated carbocycles. The van der Waals surface area contributed by atoms with Crippen molar-refractivity contribution < 1.29 is 28.8 Å². The van der Waals surface area contributed by atoms with Gasteiger partial charge in [-0.05, 0) is 60.0 Å². The van der Waals surface area contributed by atoms with E-state index in [1.807, 2.05) is 18.2 Å². The summed E-state index contributed by atoms with van der Waals surface area (Å²) in [6.07, 6.45) is 1.91.